The first-order valence-corrected chi connectivity index (χ1v) is 6.06. The van der Waals surface area contributed by atoms with Crippen LogP contribution in [0, 0.1) is 0 Å². The molecule has 2 rings (SSSR count). The topological polar surface area (TPSA) is 95.1 Å². The van der Waals surface area contributed by atoms with Crippen LogP contribution in [0.25, 0.3) is 0 Å². The molecule has 2 aromatic heterocycles. The summed E-state index contributed by atoms with van der Waals surface area (Å²) < 4.78 is 6.58. The number of carbonyl (C=O) groups excluding carboxylic acids is 1. The summed E-state index contributed by atoms with van der Waals surface area (Å²) in [5.41, 5.74) is 5.78. The number of ether oxygens (including phenoxy) is 1. The Bertz CT molecular complexity index is 562. The number of hydrogen-bond acceptors (Lipinski definition) is 6. The van der Waals surface area contributed by atoms with Crippen molar-refractivity contribution in [1.82, 2.24) is 14.8 Å². The molecule has 1 amide bonds. The first-order chi connectivity index (χ1) is 8.63. The van der Waals surface area contributed by atoms with Crippen LogP contribution < -0.4 is 15.8 Å². The van der Waals surface area contributed by atoms with Crippen LogP contribution in [0.2, 0.25) is 0 Å². The van der Waals surface area contributed by atoms with E-state index in [0.29, 0.717) is 23.9 Å². The number of rotatable bonds is 4. The Kier molecular flexibility index (Phi) is 3.58. The molecule has 2 heterocycles. The molecule has 7 nitrogen and oxygen atoms in total. The smallest absolute Gasteiger partial charge is 0.276 e. The first-order valence-electron chi connectivity index (χ1n) is 5.18. The molecule has 0 fully saturated rings. The SMILES string of the molecule is COc1cc(NC(=O)c2csc(CN)n2)nn1C. The van der Waals surface area contributed by atoms with Crippen LogP contribution in [0.15, 0.2) is 11.4 Å². The lowest BCUT2D eigenvalue weighted by molar-refractivity contribution is 0.102. The number of amides is 1. The summed E-state index contributed by atoms with van der Waals surface area (Å²) in [6.07, 6.45) is 0. The molecular formula is C10H13N5O2S. The molecule has 0 aliphatic carbocycles. The Morgan fingerprint density at radius 2 is 2.44 bits per heavy atom. The second kappa shape index (κ2) is 5.15. The summed E-state index contributed by atoms with van der Waals surface area (Å²) in [7, 11) is 3.26. The second-order valence-electron chi connectivity index (χ2n) is 3.48. The molecule has 0 bridgehead atoms. The molecule has 96 valence electrons. The van der Waals surface area contributed by atoms with E-state index in [1.165, 1.54) is 23.1 Å². The molecule has 0 radical (unpaired) electrons. The van der Waals surface area contributed by atoms with Crippen LogP contribution in [-0.4, -0.2) is 27.8 Å². The Balaban J connectivity index is 2.10. The number of methoxy groups -OCH3 is 1. The van der Waals surface area contributed by atoms with Gasteiger partial charge >= 0.3 is 0 Å². The van der Waals surface area contributed by atoms with Gasteiger partial charge in [0.05, 0.1) is 7.11 Å². The van der Waals surface area contributed by atoms with Crippen LogP contribution in [0.1, 0.15) is 15.5 Å². The summed E-state index contributed by atoms with van der Waals surface area (Å²) >= 11 is 1.35. The number of hydrogen-bond donors (Lipinski definition) is 2. The van der Waals surface area contributed by atoms with Crippen molar-refractivity contribution in [2.24, 2.45) is 12.8 Å². The molecular weight excluding hydrogens is 254 g/mol. The van der Waals surface area contributed by atoms with Gasteiger partial charge in [0.1, 0.15) is 10.7 Å². The summed E-state index contributed by atoms with van der Waals surface area (Å²) in [5, 5.41) is 9.11. The number of nitrogens with one attached hydrogen (secondary N) is 1. The molecule has 0 unspecified atom stereocenters. The lowest BCUT2D eigenvalue weighted by atomic mass is 10.4. The Labute approximate surface area is 108 Å². The second-order valence-corrected chi connectivity index (χ2v) is 4.42. The van der Waals surface area contributed by atoms with Gasteiger partial charge in [0.2, 0.25) is 5.88 Å². The van der Waals surface area contributed by atoms with Gasteiger partial charge in [-0.15, -0.1) is 11.3 Å². The van der Waals surface area contributed by atoms with Crippen LogP contribution >= 0.6 is 11.3 Å². The summed E-state index contributed by atoms with van der Waals surface area (Å²) in [4.78, 5) is 15.9. The van der Waals surface area contributed by atoms with Crippen LogP contribution in [0.5, 0.6) is 5.88 Å². The van der Waals surface area contributed by atoms with Gasteiger partial charge in [-0.25, -0.2) is 9.67 Å². The fourth-order valence-electron chi connectivity index (χ4n) is 1.39. The van der Waals surface area contributed by atoms with Crippen molar-refractivity contribution in [2.75, 3.05) is 12.4 Å². The van der Waals surface area contributed by atoms with Gasteiger partial charge in [0.25, 0.3) is 5.91 Å². The number of nitrogens with zero attached hydrogens (tertiary/aromatic N) is 3. The Morgan fingerprint density at radius 3 is 3.00 bits per heavy atom. The van der Waals surface area contributed by atoms with Crippen LogP contribution in [-0.2, 0) is 13.6 Å². The minimum Gasteiger partial charge on any atom is -0.481 e. The fourth-order valence-corrected chi connectivity index (χ4v) is 2.05. The Hall–Kier alpha value is -1.93. The number of nitrogens with two attached hydrogens (primary N) is 1. The third-order valence-corrected chi connectivity index (χ3v) is 3.12. The minimum atomic E-state index is -0.313. The molecule has 18 heavy (non-hydrogen) atoms. The zero-order valence-corrected chi connectivity index (χ0v) is 10.8. The van der Waals surface area contributed by atoms with Crippen molar-refractivity contribution in [3.05, 3.63) is 22.1 Å². The average Bonchev–Trinajstić information content (AvgIpc) is 2.95. The standard InChI is InChI=1S/C10H13N5O2S/c1-15-9(17-2)3-7(14-15)13-10(16)6-5-18-8(4-11)12-6/h3,5H,4,11H2,1-2H3,(H,13,14,16). The van der Waals surface area contributed by atoms with Gasteiger partial charge in [-0.3, -0.25) is 4.79 Å². The monoisotopic (exact) mass is 267 g/mol. The van der Waals surface area contributed by atoms with Crippen molar-refractivity contribution in [1.29, 1.82) is 0 Å². The van der Waals surface area contributed by atoms with Crippen LogP contribution in [0.3, 0.4) is 0 Å². The Morgan fingerprint density at radius 1 is 1.67 bits per heavy atom. The van der Waals surface area contributed by atoms with Gasteiger partial charge in [-0.05, 0) is 0 Å². The molecule has 0 saturated heterocycles. The zero-order chi connectivity index (χ0) is 13.1. The summed E-state index contributed by atoms with van der Waals surface area (Å²) in [6.45, 7) is 0.329. The van der Waals surface area contributed by atoms with E-state index in [1.54, 1.807) is 18.5 Å². The number of thiazole rings is 1. The maximum absolute atomic E-state index is 11.9. The largest absolute Gasteiger partial charge is 0.481 e. The van der Waals surface area contributed by atoms with Gasteiger partial charge in [-0.1, -0.05) is 0 Å². The maximum Gasteiger partial charge on any atom is 0.276 e. The minimum absolute atomic E-state index is 0.313. The molecule has 3 N–H and O–H groups in total. The molecule has 0 aromatic carbocycles. The van der Waals surface area contributed by atoms with E-state index in [4.69, 9.17) is 10.5 Å². The number of aromatic nitrogens is 3. The average molecular weight is 267 g/mol. The molecule has 0 aliphatic rings. The highest BCUT2D eigenvalue weighted by molar-refractivity contribution is 7.09. The molecule has 0 saturated carbocycles. The number of anilines is 1. The molecule has 2 aromatic rings. The highest BCUT2D eigenvalue weighted by Gasteiger charge is 2.13. The third kappa shape index (κ3) is 2.49. The zero-order valence-electron chi connectivity index (χ0n) is 10.0. The van der Waals surface area contributed by atoms with E-state index in [1.807, 2.05) is 0 Å². The highest BCUT2D eigenvalue weighted by Crippen LogP contribution is 2.16. The number of carbonyl (C=O) groups is 1. The van der Waals surface area contributed by atoms with Crippen molar-refractivity contribution in [3.8, 4) is 5.88 Å². The van der Waals surface area contributed by atoms with Gasteiger partial charge in [0, 0.05) is 25.0 Å². The van der Waals surface area contributed by atoms with E-state index in [9.17, 15) is 4.79 Å². The van der Waals surface area contributed by atoms with Gasteiger partial charge in [-0.2, -0.15) is 5.10 Å². The van der Waals surface area contributed by atoms with E-state index >= 15 is 0 Å². The van der Waals surface area contributed by atoms with Gasteiger partial charge in [0.15, 0.2) is 5.82 Å². The quantitative estimate of drug-likeness (QED) is 0.845. The van der Waals surface area contributed by atoms with E-state index in [2.05, 4.69) is 15.4 Å². The first kappa shape index (κ1) is 12.5. The van der Waals surface area contributed by atoms with E-state index in [0.717, 1.165) is 5.01 Å². The number of aryl methyl sites for hydroxylation is 1. The van der Waals surface area contributed by atoms with E-state index in [-0.39, 0.29) is 5.91 Å². The maximum atomic E-state index is 11.9. The fraction of sp³-hybridized carbons (Fsp3) is 0.300. The lowest BCUT2D eigenvalue weighted by Crippen LogP contribution is -2.13. The summed E-state index contributed by atoms with van der Waals surface area (Å²) in [6, 6.07) is 1.63. The molecule has 0 aliphatic heterocycles. The van der Waals surface area contributed by atoms with Crippen LogP contribution in [0.4, 0.5) is 5.82 Å². The van der Waals surface area contributed by atoms with Crippen molar-refractivity contribution in [3.63, 3.8) is 0 Å². The predicted molar refractivity (Wildman–Crippen MR) is 67.7 cm³/mol. The van der Waals surface area contributed by atoms with Crippen molar-refractivity contribution < 1.29 is 9.53 Å². The molecule has 8 heteroatoms. The predicted octanol–water partition coefficient (Wildman–Crippen LogP) is 0.596. The van der Waals surface area contributed by atoms with E-state index < -0.39 is 0 Å². The highest BCUT2D eigenvalue weighted by atomic mass is 32.1. The molecule has 0 atom stereocenters. The van der Waals surface area contributed by atoms with Crippen molar-refractivity contribution in [2.45, 2.75) is 6.54 Å². The third-order valence-electron chi connectivity index (χ3n) is 2.25. The lowest BCUT2D eigenvalue weighted by Gasteiger charge is -1.97. The van der Waals surface area contributed by atoms with Gasteiger partial charge < -0.3 is 15.8 Å². The van der Waals surface area contributed by atoms with Crippen molar-refractivity contribution >= 4 is 23.1 Å². The summed E-state index contributed by atoms with van der Waals surface area (Å²) in [5.74, 6) is 0.666. The molecule has 0 spiro atoms. The normalized spacial score (nSPS) is 10.4.